The van der Waals surface area contributed by atoms with Gasteiger partial charge in [0.2, 0.25) is 15.9 Å². The minimum absolute atomic E-state index is 0.00597. The number of ether oxygens (including phenoxy) is 1. The Balaban J connectivity index is 1.62. The van der Waals surface area contributed by atoms with E-state index in [1.54, 1.807) is 18.2 Å². The number of benzene rings is 1. The Kier molecular flexibility index (Phi) is 6.63. The summed E-state index contributed by atoms with van der Waals surface area (Å²) in [6.45, 7) is 3.37. The van der Waals surface area contributed by atoms with Gasteiger partial charge in [0.1, 0.15) is 0 Å². The lowest BCUT2D eigenvalue weighted by atomic mass is 9.92. The zero-order valence-corrected chi connectivity index (χ0v) is 19.3. The van der Waals surface area contributed by atoms with E-state index in [0.29, 0.717) is 29.8 Å². The second-order valence-corrected chi connectivity index (χ2v) is 11.0. The van der Waals surface area contributed by atoms with Gasteiger partial charge in [0.15, 0.2) is 0 Å². The van der Waals surface area contributed by atoms with Gasteiger partial charge in [-0.2, -0.15) is 4.31 Å². The van der Waals surface area contributed by atoms with Crippen LogP contribution in [-0.2, 0) is 26.0 Å². The van der Waals surface area contributed by atoms with Crippen molar-refractivity contribution in [2.75, 3.05) is 45.6 Å². The zero-order chi connectivity index (χ0) is 21.5. The van der Waals surface area contributed by atoms with Gasteiger partial charge >= 0.3 is 0 Å². The quantitative estimate of drug-likeness (QED) is 0.664. The van der Waals surface area contributed by atoms with E-state index in [0.717, 1.165) is 31.5 Å². The Morgan fingerprint density at radius 3 is 2.43 bits per heavy atom. The molecule has 1 unspecified atom stereocenters. The van der Waals surface area contributed by atoms with Crippen LogP contribution in [0.4, 0.5) is 0 Å². The third kappa shape index (κ3) is 4.49. The molecule has 3 aliphatic rings. The van der Waals surface area contributed by atoms with Crippen LogP contribution in [-0.4, -0.2) is 92.2 Å². The molecule has 4 rings (SSSR count). The molecule has 166 valence electrons. The number of sulfonamides is 1. The highest BCUT2D eigenvalue weighted by Crippen LogP contribution is 2.31. The third-order valence-electron chi connectivity index (χ3n) is 6.35. The first-order chi connectivity index (χ1) is 14.3. The van der Waals surface area contributed by atoms with Crippen LogP contribution >= 0.6 is 23.2 Å². The smallest absolute Gasteiger partial charge is 0.227 e. The second-order valence-electron chi connectivity index (χ2n) is 8.29. The Morgan fingerprint density at radius 2 is 1.77 bits per heavy atom. The lowest BCUT2D eigenvalue weighted by molar-refractivity contribution is -0.147. The van der Waals surface area contributed by atoms with Gasteiger partial charge in [-0.25, -0.2) is 8.42 Å². The van der Waals surface area contributed by atoms with Crippen LogP contribution in [0.2, 0.25) is 10.0 Å². The molecule has 0 aromatic heterocycles. The lowest BCUT2D eigenvalue weighted by Crippen LogP contribution is -2.72. The number of nitrogens with zero attached hydrogens (tertiary/aromatic N) is 3. The fourth-order valence-electron chi connectivity index (χ4n) is 4.98. The van der Waals surface area contributed by atoms with E-state index >= 15 is 0 Å². The van der Waals surface area contributed by atoms with Gasteiger partial charge in [0.05, 0.1) is 54.1 Å². The molecule has 7 nitrogen and oxygen atoms in total. The van der Waals surface area contributed by atoms with Crippen molar-refractivity contribution >= 4 is 39.1 Å². The summed E-state index contributed by atoms with van der Waals surface area (Å²) in [7, 11) is -3.40. The monoisotopic (exact) mass is 475 g/mol. The molecule has 0 radical (unpaired) electrons. The first-order valence-electron chi connectivity index (χ1n) is 10.3. The van der Waals surface area contributed by atoms with E-state index < -0.39 is 10.0 Å². The highest BCUT2D eigenvalue weighted by atomic mass is 35.5. The van der Waals surface area contributed by atoms with E-state index in [4.69, 9.17) is 27.9 Å². The summed E-state index contributed by atoms with van der Waals surface area (Å²) in [5, 5.41) is 0.871. The fourth-order valence-corrected chi connectivity index (χ4v) is 6.39. The van der Waals surface area contributed by atoms with Gasteiger partial charge in [-0.3, -0.25) is 9.69 Å². The van der Waals surface area contributed by atoms with Crippen molar-refractivity contribution in [2.45, 2.75) is 37.4 Å². The normalized spacial score (nSPS) is 28.5. The van der Waals surface area contributed by atoms with Gasteiger partial charge in [0.25, 0.3) is 0 Å². The van der Waals surface area contributed by atoms with Crippen LogP contribution in [0.15, 0.2) is 18.2 Å². The summed E-state index contributed by atoms with van der Waals surface area (Å²) in [6, 6.07) is 4.61. The number of hydrogen-bond donors (Lipinski definition) is 0. The average molecular weight is 476 g/mol. The molecule has 0 aliphatic carbocycles. The number of piperazine rings is 1. The van der Waals surface area contributed by atoms with Crippen molar-refractivity contribution in [1.82, 2.24) is 14.1 Å². The zero-order valence-electron chi connectivity index (χ0n) is 17.0. The van der Waals surface area contributed by atoms with Crippen LogP contribution in [0, 0.1) is 0 Å². The highest BCUT2D eigenvalue weighted by Gasteiger charge is 2.50. The van der Waals surface area contributed by atoms with Crippen molar-refractivity contribution < 1.29 is 17.9 Å². The van der Waals surface area contributed by atoms with E-state index in [2.05, 4.69) is 4.90 Å². The van der Waals surface area contributed by atoms with Gasteiger partial charge in [-0.15, -0.1) is 0 Å². The van der Waals surface area contributed by atoms with Crippen molar-refractivity contribution in [1.29, 1.82) is 0 Å². The second kappa shape index (κ2) is 8.92. The number of fused-ring (bicyclic) bond motifs is 1. The standard InChI is InChI=1S/C20H27Cl2N3O4S/c1-30(27,28)25-9-8-24(19(26)11-14-4-5-15(21)16(22)10-14)20-17(12-29-13-18(20)25)23-6-2-3-7-23/h4-5,10,17-18,20H,2-3,6-9,11-13H2,1H3/t17-,18?,20+/m0/s1. The number of halogens is 2. The minimum Gasteiger partial charge on any atom is -0.378 e. The summed E-state index contributed by atoms with van der Waals surface area (Å²) in [5.74, 6) is -0.0253. The maximum Gasteiger partial charge on any atom is 0.227 e. The molecule has 3 atom stereocenters. The predicted molar refractivity (Wildman–Crippen MR) is 116 cm³/mol. The van der Waals surface area contributed by atoms with Gasteiger partial charge < -0.3 is 9.64 Å². The molecule has 10 heteroatoms. The van der Waals surface area contributed by atoms with Crippen molar-refractivity contribution in [2.24, 2.45) is 0 Å². The Hall–Kier alpha value is -0.900. The van der Waals surface area contributed by atoms with Crippen molar-refractivity contribution in [3.8, 4) is 0 Å². The molecule has 0 N–H and O–H groups in total. The maximum atomic E-state index is 13.4. The fraction of sp³-hybridized carbons (Fsp3) is 0.650. The molecule has 0 saturated carbocycles. The highest BCUT2D eigenvalue weighted by molar-refractivity contribution is 7.88. The largest absolute Gasteiger partial charge is 0.378 e. The third-order valence-corrected chi connectivity index (χ3v) is 8.40. The topological polar surface area (TPSA) is 70.2 Å². The summed E-state index contributed by atoms with van der Waals surface area (Å²) in [4.78, 5) is 17.6. The summed E-state index contributed by atoms with van der Waals surface area (Å²) < 4.78 is 32.2. The molecule has 3 aliphatic heterocycles. The molecule has 1 amide bonds. The predicted octanol–water partition coefficient (Wildman–Crippen LogP) is 1.87. The number of carbonyl (C=O) groups excluding carboxylic acids is 1. The Morgan fingerprint density at radius 1 is 1.07 bits per heavy atom. The minimum atomic E-state index is -3.40. The van der Waals surface area contributed by atoms with Gasteiger partial charge in [-0.1, -0.05) is 29.3 Å². The number of hydrogen-bond acceptors (Lipinski definition) is 5. The lowest BCUT2D eigenvalue weighted by Gasteiger charge is -2.53. The molecule has 0 spiro atoms. The van der Waals surface area contributed by atoms with E-state index in [1.165, 1.54) is 10.6 Å². The van der Waals surface area contributed by atoms with E-state index in [9.17, 15) is 13.2 Å². The molecular weight excluding hydrogens is 449 g/mol. The maximum absolute atomic E-state index is 13.4. The Labute approximate surface area is 187 Å². The van der Waals surface area contributed by atoms with Crippen molar-refractivity contribution in [3.05, 3.63) is 33.8 Å². The van der Waals surface area contributed by atoms with Crippen LogP contribution in [0.1, 0.15) is 18.4 Å². The Bertz CT molecular complexity index is 907. The SMILES string of the molecule is CS(=O)(=O)N1CCN(C(=O)Cc2ccc(Cl)c(Cl)c2)[C@H]2C1COC[C@@H]2N1CCCC1. The molecule has 1 aromatic rings. The summed E-state index contributed by atoms with van der Waals surface area (Å²) in [5.41, 5.74) is 0.793. The average Bonchev–Trinajstić information content (AvgIpc) is 3.23. The summed E-state index contributed by atoms with van der Waals surface area (Å²) >= 11 is 12.1. The molecule has 30 heavy (non-hydrogen) atoms. The van der Waals surface area contributed by atoms with Gasteiger partial charge in [0, 0.05) is 13.1 Å². The summed E-state index contributed by atoms with van der Waals surface area (Å²) in [6.07, 6.45) is 3.66. The number of carbonyl (C=O) groups is 1. The molecule has 3 fully saturated rings. The van der Waals surface area contributed by atoms with Crippen LogP contribution in [0.5, 0.6) is 0 Å². The molecule has 3 saturated heterocycles. The van der Waals surface area contributed by atoms with Gasteiger partial charge in [-0.05, 0) is 43.6 Å². The number of likely N-dealkylation sites (tertiary alicyclic amines) is 1. The van der Waals surface area contributed by atoms with Crippen LogP contribution < -0.4 is 0 Å². The first-order valence-corrected chi connectivity index (χ1v) is 12.9. The number of rotatable bonds is 4. The molecular formula is C20H27Cl2N3O4S. The van der Waals surface area contributed by atoms with E-state index in [1.807, 2.05) is 4.90 Å². The van der Waals surface area contributed by atoms with E-state index in [-0.39, 0.29) is 37.0 Å². The first kappa shape index (κ1) is 22.3. The molecule has 3 heterocycles. The van der Waals surface area contributed by atoms with Crippen molar-refractivity contribution in [3.63, 3.8) is 0 Å². The van der Waals surface area contributed by atoms with Crippen LogP contribution in [0.25, 0.3) is 0 Å². The molecule has 1 aromatic carbocycles. The number of amides is 1. The molecule has 0 bridgehead atoms. The van der Waals surface area contributed by atoms with Crippen LogP contribution in [0.3, 0.4) is 0 Å².